The molecule has 0 saturated carbocycles. The molecule has 2 aromatic rings. The minimum absolute atomic E-state index is 0. The quantitative estimate of drug-likeness (QED) is 0.370. The van der Waals surface area contributed by atoms with Crippen LogP contribution in [0.4, 0.5) is 0 Å². The van der Waals surface area contributed by atoms with E-state index in [-0.39, 0.29) is 27.3 Å². The van der Waals surface area contributed by atoms with Gasteiger partial charge in [-0.05, 0) is 56.9 Å². The zero-order valence-corrected chi connectivity index (χ0v) is 22.3. The molecule has 2 aromatic carbocycles. The summed E-state index contributed by atoms with van der Waals surface area (Å²) in [5.74, 6) is 0. The van der Waals surface area contributed by atoms with Gasteiger partial charge in [-0.2, -0.15) is 0 Å². The summed E-state index contributed by atoms with van der Waals surface area (Å²) in [7, 11) is -1.66. The number of benzene rings is 2. The molecule has 1 unspecified atom stereocenters. The molecule has 3 rings (SSSR count). The van der Waals surface area contributed by atoms with Crippen LogP contribution < -0.4 is 4.98 Å². The molecule has 1 nitrogen and oxygen atoms in total. The van der Waals surface area contributed by atoms with Crippen LogP contribution in [0.25, 0.3) is 17.2 Å². The molecule has 0 aliphatic heterocycles. The Kier molecular flexibility index (Phi) is 9.97. The number of nitrogens with one attached hydrogen (secondary N) is 1. The van der Waals surface area contributed by atoms with Crippen molar-refractivity contribution >= 4 is 14.3 Å². The molecule has 0 bridgehead atoms. The van der Waals surface area contributed by atoms with Gasteiger partial charge in [-0.25, -0.2) is 0 Å². The first-order valence-corrected chi connectivity index (χ1v) is 13.6. The SMILES string of the molecule is C=CC=CC.CC1=Cc2c(-c3ccccc3)cccc2C1[Si](C)(C)NC(C)(C)C.[Ti+2]. The molecule has 0 aromatic heterocycles. The molecule has 1 atom stereocenters. The van der Waals surface area contributed by atoms with Crippen LogP contribution in [0.3, 0.4) is 0 Å². The van der Waals surface area contributed by atoms with Crippen LogP contribution in [0.1, 0.15) is 51.3 Å². The van der Waals surface area contributed by atoms with Gasteiger partial charge in [0.1, 0.15) is 8.24 Å². The van der Waals surface area contributed by atoms with E-state index in [1.165, 1.54) is 27.8 Å². The van der Waals surface area contributed by atoms with Gasteiger partial charge in [0.15, 0.2) is 0 Å². The normalized spacial score (nSPS) is 15.6. The monoisotopic (exact) mass is 451 g/mol. The maximum absolute atomic E-state index is 3.97. The first-order valence-electron chi connectivity index (χ1n) is 10.5. The molecule has 0 heterocycles. The molecule has 1 N–H and O–H groups in total. The first kappa shape index (κ1) is 26.6. The molecule has 30 heavy (non-hydrogen) atoms. The Morgan fingerprint density at radius 1 is 1.00 bits per heavy atom. The Balaban J connectivity index is 0.000000674. The maximum atomic E-state index is 3.97. The third-order valence-electron chi connectivity index (χ3n) is 5.11. The van der Waals surface area contributed by atoms with Gasteiger partial charge < -0.3 is 4.98 Å². The Hall–Kier alpha value is -1.45. The summed E-state index contributed by atoms with van der Waals surface area (Å²) in [6.45, 7) is 19.5. The number of allylic oxidation sites excluding steroid dienone is 4. The van der Waals surface area contributed by atoms with Crippen molar-refractivity contribution in [1.29, 1.82) is 0 Å². The van der Waals surface area contributed by atoms with E-state index in [0.717, 1.165) is 0 Å². The molecule has 3 heteroatoms. The molecule has 0 fully saturated rings. The van der Waals surface area contributed by atoms with Crippen LogP contribution in [0.5, 0.6) is 0 Å². The fourth-order valence-corrected chi connectivity index (χ4v) is 8.88. The number of hydrogen-bond donors (Lipinski definition) is 1. The minimum atomic E-state index is -1.66. The van der Waals surface area contributed by atoms with Crippen molar-refractivity contribution in [3.05, 3.63) is 90.0 Å². The van der Waals surface area contributed by atoms with E-state index >= 15 is 0 Å². The van der Waals surface area contributed by atoms with Gasteiger partial charge >= 0.3 is 21.7 Å². The van der Waals surface area contributed by atoms with E-state index in [9.17, 15) is 0 Å². The topological polar surface area (TPSA) is 12.0 Å². The van der Waals surface area contributed by atoms with E-state index in [1.807, 2.05) is 19.1 Å². The smallest absolute Gasteiger partial charge is 0.332 e. The van der Waals surface area contributed by atoms with E-state index in [4.69, 9.17) is 0 Å². The Labute approximate surface area is 200 Å². The molecule has 0 saturated heterocycles. The molecule has 0 amide bonds. The van der Waals surface area contributed by atoms with Gasteiger partial charge in [-0.3, -0.25) is 0 Å². The van der Waals surface area contributed by atoms with Gasteiger partial charge in [-0.1, -0.05) is 98.1 Å². The number of hydrogen-bond acceptors (Lipinski definition) is 1. The number of rotatable bonds is 4. The van der Waals surface area contributed by atoms with Crippen molar-refractivity contribution in [3.8, 4) is 11.1 Å². The molecular formula is C27H37NSiTi+2. The van der Waals surface area contributed by atoms with Crippen molar-refractivity contribution in [2.75, 3.05) is 0 Å². The summed E-state index contributed by atoms with van der Waals surface area (Å²) < 4.78 is 0. The third-order valence-corrected chi connectivity index (χ3v) is 8.71. The summed E-state index contributed by atoms with van der Waals surface area (Å²) in [6, 6.07) is 17.6. The average molecular weight is 452 g/mol. The molecule has 1 aliphatic carbocycles. The van der Waals surface area contributed by atoms with Crippen LogP contribution in [-0.2, 0) is 21.7 Å². The summed E-state index contributed by atoms with van der Waals surface area (Å²) in [6.07, 6.45) is 7.99. The molecule has 0 spiro atoms. The van der Waals surface area contributed by atoms with Crippen molar-refractivity contribution < 1.29 is 21.7 Å². The Morgan fingerprint density at radius 2 is 1.63 bits per heavy atom. The van der Waals surface area contributed by atoms with Gasteiger partial charge in [0.05, 0.1) is 0 Å². The molecule has 1 aliphatic rings. The predicted octanol–water partition coefficient (Wildman–Crippen LogP) is 7.73. The third kappa shape index (κ3) is 6.78. The summed E-state index contributed by atoms with van der Waals surface area (Å²) >= 11 is 0. The van der Waals surface area contributed by atoms with Crippen LogP contribution in [0.2, 0.25) is 13.1 Å². The first-order chi connectivity index (χ1) is 13.6. The Bertz CT molecular complexity index is 889. The van der Waals surface area contributed by atoms with Crippen molar-refractivity contribution in [2.24, 2.45) is 0 Å². The largest absolute Gasteiger partial charge is 2.00 e. The van der Waals surface area contributed by atoms with Crippen LogP contribution in [0.15, 0.2) is 78.9 Å². The second-order valence-corrected chi connectivity index (χ2v) is 13.6. The zero-order chi connectivity index (χ0) is 21.7. The zero-order valence-electron chi connectivity index (χ0n) is 19.7. The predicted molar refractivity (Wildman–Crippen MR) is 134 cm³/mol. The maximum Gasteiger partial charge on any atom is 2.00 e. The van der Waals surface area contributed by atoms with Crippen molar-refractivity contribution in [2.45, 2.75) is 58.8 Å². The van der Waals surface area contributed by atoms with Crippen molar-refractivity contribution in [3.63, 3.8) is 0 Å². The van der Waals surface area contributed by atoms with Crippen LogP contribution in [0, 0.1) is 0 Å². The van der Waals surface area contributed by atoms with Gasteiger partial charge in [0, 0.05) is 11.1 Å². The van der Waals surface area contributed by atoms with Crippen LogP contribution >= 0.6 is 0 Å². The van der Waals surface area contributed by atoms with Crippen LogP contribution in [-0.4, -0.2) is 13.8 Å². The minimum Gasteiger partial charge on any atom is -0.332 e. The average Bonchev–Trinajstić information content (AvgIpc) is 2.98. The van der Waals surface area contributed by atoms with Crippen molar-refractivity contribution in [1.82, 2.24) is 4.98 Å². The molecule has 0 radical (unpaired) electrons. The molecule has 156 valence electrons. The number of fused-ring (bicyclic) bond motifs is 1. The van der Waals surface area contributed by atoms with E-state index in [1.54, 1.807) is 6.08 Å². The van der Waals surface area contributed by atoms with Gasteiger partial charge in [0.25, 0.3) is 0 Å². The van der Waals surface area contributed by atoms with E-state index in [0.29, 0.717) is 5.54 Å². The van der Waals surface area contributed by atoms with E-state index < -0.39 is 8.24 Å². The standard InChI is InChI=1S/C22H29NSi.C5H8.Ti/c1-16-15-20-18(17-11-8-7-9-12-17)13-10-14-19(20)21(16)24(5,6)23-22(2,3)4;1-3-5-4-2;/h7-15,21,23H,1-6H3;3-5H,1H2,2H3;/q;;+2. The fraction of sp³-hybridized carbons (Fsp3) is 0.333. The summed E-state index contributed by atoms with van der Waals surface area (Å²) in [4.78, 5) is 3.97. The van der Waals surface area contributed by atoms with Gasteiger partial charge in [0.2, 0.25) is 0 Å². The second kappa shape index (κ2) is 11.2. The fourth-order valence-electron chi connectivity index (χ4n) is 4.55. The van der Waals surface area contributed by atoms with E-state index in [2.05, 4.69) is 107 Å². The Morgan fingerprint density at radius 3 is 2.13 bits per heavy atom. The van der Waals surface area contributed by atoms with Gasteiger partial charge in [-0.15, -0.1) is 0 Å². The second-order valence-electron chi connectivity index (χ2n) is 9.35. The molecular weight excluding hydrogens is 414 g/mol. The summed E-state index contributed by atoms with van der Waals surface area (Å²) in [5, 5.41) is 0. The summed E-state index contributed by atoms with van der Waals surface area (Å²) in [5.41, 5.74) is 7.77.